The van der Waals surface area contributed by atoms with Gasteiger partial charge in [-0.3, -0.25) is 10.1 Å². The second-order valence-corrected chi connectivity index (χ2v) is 6.63. The molecule has 0 bridgehead atoms. The van der Waals surface area contributed by atoms with Crippen LogP contribution in [0.3, 0.4) is 0 Å². The van der Waals surface area contributed by atoms with Crippen molar-refractivity contribution in [3.05, 3.63) is 46.8 Å². The zero-order chi connectivity index (χ0) is 14.7. The standard InChI is InChI=1S/C14H11N3OS3/c1-19-13-9(4-2-6-15-13)12(18)17-14-16-10(8-21-14)11-5-3-7-20-11/h2-8H,1H3,(H,16,17,18). The molecule has 106 valence electrons. The van der Waals surface area contributed by atoms with Crippen LogP contribution in [0, 0.1) is 0 Å². The number of thioether (sulfide) groups is 1. The van der Waals surface area contributed by atoms with Crippen LogP contribution < -0.4 is 5.32 Å². The molecule has 0 unspecified atom stereocenters. The first-order valence-corrected chi connectivity index (χ1v) is 9.06. The highest BCUT2D eigenvalue weighted by Gasteiger charge is 2.14. The quantitative estimate of drug-likeness (QED) is 0.726. The van der Waals surface area contributed by atoms with Gasteiger partial charge in [0.1, 0.15) is 5.03 Å². The number of carbonyl (C=O) groups excluding carboxylic acids is 1. The number of aromatic nitrogens is 2. The fraction of sp³-hybridized carbons (Fsp3) is 0.0714. The Morgan fingerprint density at radius 3 is 2.95 bits per heavy atom. The Morgan fingerprint density at radius 2 is 2.19 bits per heavy atom. The van der Waals surface area contributed by atoms with Crippen molar-refractivity contribution in [1.82, 2.24) is 9.97 Å². The zero-order valence-electron chi connectivity index (χ0n) is 11.1. The molecule has 7 heteroatoms. The smallest absolute Gasteiger partial charge is 0.260 e. The maximum atomic E-state index is 12.3. The Balaban J connectivity index is 1.79. The largest absolute Gasteiger partial charge is 0.298 e. The number of rotatable bonds is 4. The molecular weight excluding hydrogens is 322 g/mol. The van der Waals surface area contributed by atoms with Gasteiger partial charge in [0.25, 0.3) is 5.91 Å². The van der Waals surface area contributed by atoms with Crippen LogP contribution in [0.25, 0.3) is 10.6 Å². The molecule has 3 aromatic rings. The van der Waals surface area contributed by atoms with E-state index >= 15 is 0 Å². The lowest BCUT2D eigenvalue weighted by Crippen LogP contribution is -2.13. The predicted molar refractivity (Wildman–Crippen MR) is 89.4 cm³/mol. The van der Waals surface area contributed by atoms with E-state index < -0.39 is 0 Å². The van der Waals surface area contributed by atoms with E-state index in [9.17, 15) is 4.79 Å². The molecule has 1 amide bonds. The highest BCUT2D eigenvalue weighted by atomic mass is 32.2. The number of hydrogen-bond donors (Lipinski definition) is 1. The van der Waals surface area contributed by atoms with Crippen molar-refractivity contribution in [2.45, 2.75) is 5.03 Å². The summed E-state index contributed by atoms with van der Waals surface area (Å²) in [6, 6.07) is 7.52. The summed E-state index contributed by atoms with van der Waals surface area (Å²) in [5, 5.41) is 8.10. The second kappa shape index (κ2) is 6.38. The zero-order valence-corrected chi connectivity index (χ0v) is 13.5. The van der Waals surface area contributed by atoms with Gasteiger partial charge in [0, 0.05) is 11.6 Å². The lowest BCUT2D eigenvalue weighted by molar-refractivity contribution is 0.102. The van der Waals surface area contributed by atoms with Gasteiger partial charge >= 0.3 is 0 Å². The summed E-state index contributed by atoms with van der Waals surface area (Å²) in [5.74, 6) is -0.181. The van der Waals surface area contributed by atoms with Crippen molar-refractivity contribution in [2.24, 2.45) is 0 Å². The third-order valence-electron chi connectivity index (χ3n) is 2.71. The minimum absolute atomic E-state index is 0.181. The van der Waals surface area contributed by atoms with Crippen molar-refractivity contribution < 1.29 is 4.79 Å². The Kier molecular flexibility index (Phi) is 4.33. The van der Waals surface area contributed by atoms with E-state index in [0.717, 1.165) is 10.6 Å². The van der Waals surface area contributed by atoms with Crippen molar-refractivity contribution in [3.8, 4) is 10.6 Å². The lowest BCUT2D eigenvalue weighted by Gasteiger charge is -2.05. The van der Waals surface area contributed by atoms with E-state index in [0.29, 0.717) is 15.7 Å². The van der Waals surface area contributed by atoms with Crippen LogP contribution in [-0.4, -0.2) is 22.1 Å². The topological polar surface area (TPSA) is 54.9 Å². The van der Waals surface area contributed by atoms with E-state index in [-0.39, 0.29) is 5.91 Å². The number of thiazole rings is 1. The summed E-state index contributed by atoms with van der Waals surface area (Å²) in [7, 11) is 0. The first-order valence-electron chi connectivity index (χ1n) is 6.07. The molecule has 0 fully saturated rings. The van der Waals surface area contributed by atoms with Crippen LogP contribution in [0.4, 0.5) is 5.13 Å². The molecule has 21 heavy (non-hydrogen) atoms. The number of hydrogen-bond acceptors (Lipinski definition) is 6. The summed E-state index contributed by atoms with van der Waals surface area (Å²) in [6.07, 6.45) is 3.58. The summed E-state index contributed by atoms with van der Waals surface area (Å²) in [5.41, 5.74) is 1.46. The van der Waals surface area contributed by atoms with Crippen LogP contribution in [0.2, 0.25) is 0 Å². The maximum absolute atomic E-state index is 12.3. The Labute approximate surface area is 134 Å². The molecular formula is C14H11N3OS3. The minimum atomic E-state index is -0.181. The average molecular weight is 333 g/mol. The predicted octanol–water partition coefficient (Wildman–Crippen LogP) is 4.24. The number of nitrogens with zero attached hydrogens (tertiary/aromatic N) is 2. The van der Waals surface area contributed by atoms with Crippen molar-refractivity contribution >= 4 is 45.5 Å². The molecule has 0 aromatic carbocycles. The van der Waals surface area contributed by atoms with E-state index in [1.54, 1.807) is 29.7 Å². The molecule has 0 aliphatic carbocycles. The summed E-state index contributed by atoms with van der Waals surface area (Å²) >= 11 is 4.50. The van der Waals surface area contributed by atoms with Gasteiger partial charge in [-0.2, -0.15) is 0 Å². The second-order valence-electron chi connectivity index (χ2n) is 4.03. The normalized spacial score (nSPS) is 10.5. The van der Waals surface area contributed by atoms with Gasteiger partial charge in [0.15, 0.2) is 5.13 Å². The van der Waals surface area contributed by atoms with Gasteiger partial charge in [-0.1, -0.05) is 6.07 Å². The summed E-state index contributed by atoms with van der Waals surface area (Å²) in [6.45, 7) is 0. The van der Waals surface area contributed by atoms with Crippen LogP contribution in [0.5, 0.6) is 0 Å². The Morgan fingerprint density at radius 1 is 1.29 bits per heavy atom. The molecule has 0 radical (unpaired) electrons. The van der Waals surface area contributed by atoms with E-state index in [2.05, 4.69) is 15.3 Å². The average Bonchev–Trinajstić information content (AvgIpc) is 3.17. The summed E-state index contributed by atoms with van der Waals surface area (Å²) < 4.78 is 0. The number of nitrogens with one attached hydrogen (secondary N) is 1. The van der Waals surface area contributed by atoms with E-state index in [4.69, 9.17) is 0 Å². The monoisotopic (exact) mass is 333 g/mol. The van der Waals surface area contributed by atoms with Gasteiger partial charge in [0.05, 0.1) is 16.1 Å². The highest BCUT2D eigenvalue weighted by Crippen LogP contribution is 2.28. The van der Waals surface area contributed by atoms with Gasteiger partial charge in [-0.05, 0) is 29.8 Å². The minimum Gasteiger partial charge on any atom is -0.298 e. The van der Waals surface area contributed by atoms with Crippen LogP contribution in [0.1, 0.15) is 10.4 Å². The molecule has 3 aromatic heterocycles. The molecule has 3 rings (SSSR count). The number of amides is 1. The van der Waals surface area contributed by atoms with Gasteiger partial charge in [0.2, 0.25) is 0 Å². The molecule has 0 aliphatic rings. The van der Waals surface area contributed by atoms with Crippen molar-refractivity contribution in [1.29, 1.82) is 0 Å². The number of thiophene rings is 1. The SMILES string of the molecule is CSc1ncccc1C(=O)Nc1nc(-c2cccs2)cs1. The highest BCUT2D eigenvalue weighted by molar-refractivity contribution is 7.98. The van der Waals surface area contributed by atoms with Crippen LogP contribution >= 0.6 is 34.4 Å². The molecule has 4 nitrogen and oxygen atoms in total. The summed E-state index contributed by atoms with van der Waals surface area (Å²) in [4.78, 5) is 22.0. The van der Waals surface area contributed by atoms with Gasteiger partial charge in [-0.15, -0.1) is 34.4 Å². The molecule has 3 heterocycles. The fourth-order valence-electron chi connectivity index (χ4n) is 1.76. The molecule has 0 saturated heterocycles. The lowest BCUT2D eigenvalue weighted by atomic mass is 10.3. The molecule has 0 spiro atoms. The van der Waals surface area contributed by atoms with E-state index in [1.165, 1.54) is 23.1 Å². The third-order valence-corrected chi connectivity index (χ3v) is 5.07. The van der Waals surface area contributed by atoms with Crippen LogP contribution in [0.15, 0.2) is 46.2 Å². The first-order chi connectivity index (χ1) is 10.3. The third kappa shape index (κ3) is 3.15. The molecule has 0 saturated carbocycles. The van der Waals surface area contributed by atoms with Crippen molar-refractivity contribution in [2.75, 3.05) is 11.6 Å². The molecule has 0 aliphatic heterocycles. The molecule has 0 atom stereocenters. The number of anilines is 1. The maximum Gasteiger partial charge on any atom is 0.260 e. The first kappa shape index (κ1) is 14.2. The molecule has 1 N–H and O–H groups in total. The Hall–Kier alpha value is -1.70. The van der Waals surface area contributed by atoms with Gasteiger partial charge in [-0.25, -0.2) is 9.97 Å². The number of carbonyl (C=O) groups is 1. The number of pyridine rings is 1. The van der Waals surface area contributed by atoms with E-state index in [1.807, 2.05) is 29.1 Å². The van der Waals surface area contributed by atoms with Gasteiger partial charge < -0.3 is 0 Å². The fourth-order valence-corrected chi connectivity index (χ4v) is 3.77. The Bertz CT molecular complexity index is 752. The van der Waals surface area contributed by atoms with Crippen molar-refractivity contribution in [3.63, 3.8) is 0 Å². The van der Waals surface area contributed by atoms with Crippen LogP contribution in [-0.2, 0) is 0 Å².